The molecule has 210 valence electrons. The number of benzene rings is 2. The minimum absolute atomic E-state index is 0. The van der Waals surface area contributed by atoms with Gasteiger partial charge in [-0.2, -0.15) is 0 Å². The number of anilines is 2. The molecule has 0 atom stereocenters. The van der Waals surface area contributed by atoms with E-state index in [-0.39, 0.29) is 87.9 Å². The van der Waals surface area contributed by atoms with Crippen LogP contribution >= 0.6 is 23.2 Å². The molecule has 2 fully saturated rings. The first kappa shape index (κ1) is 38.4. The number of nitrogens with one attached hydrogen (secondary N) is 2. The Morgan fingerprint density at radius 3 is 1.54 bits per heavy atom. The second-order valence-corrected chi connectivity index (χ2v) is 8.76. The fraction of sp³-hybridized carbons (Fsp3) is 0.333. The molecular formula is C24H27Cl2F2LiN2O8. The van der Waals surface area contributed by atoms with Crippen molar-refractivity contribution in [2.45, 2.75) is 33.1 Å². The first-order valence-corrected chi connectivity index (χ1v) is 11.2. The Hall–Kier alpha value is -2.72. The number of hydrogen-bond acceptors (Lipinski definition) is 6. The molecule has 0 heterocycles. The van der Waals surface area contributed by atoms with Gasteiger partial charge in [0.1, 0.15) is 11.6 Å². The maximum atomic E-state index is 13.5. The van der Waals surface area contributed by atoms with E-state index in [9.17, 15) is 28.0 Å². The smallest absolute Gasteiger partial charge is 0.870 e. The number of aromatic carboxylic acids is 1. The fourth-order valence-corrected chi connectivity index (χ4v) is 3.28. The van der Waals surface area contributed by atoms with Crippen molar-refractivity contribution in [3.8, 4) is 0 Å². The van der Waals surface area contributed by atoms with Crippen molar-refractivity contribution < 1.29 is 67.6 Å². The third-order valence-corrected chi connectivity index (χ3v) is 5.79. The predicted molar refractivity (Wildman–Crippen MR) is 136 cm³/mol. The maximum absolute atomic E-state index is 13.5. The van der Waals surface area contributed by atoms with Gasteiger partial charge < -0.3 is 31.4 Å². The summed E-state index contributed by atoms with van der Waals surface area (Å²) in [5.74, 6) is -4.35. The third kappa shape index (κ3) is 10.4. The van der Waals surface area contributed by atoms with Gasteiger partial charge in [0.05, 0.1) is 39.7 Å². The zero-order valence-corrected chi connectivity index (χ0v) is 21.8. The molecule has 10 nitrogen and oxygen atoms in total. The predicted octanol–water partition coefficient (Wildman–Crippen LogP) is 1.78. The molecule has 2 saturated carbocycles. The Morgan fingerprint density at radius 2 is 1.21 bits per heavy atom. The summed E-state index contributed by atoms with van der Waals surface area (Å²) < 4.78 is 31.1. The Labute approximate surface area is 245 Å². The first-order valence-electron chi connectivity index (χ1n) is 10.4. The van der Waals surface area contributed by atoms with Crippen LogP contribution in [0.4, 0.5) is 20.2 Å². The maximum Gasteiger partial charge on any atom is 1.00 e. The monoisotopic (exact) mass is 586 g/mol. The minimum atomic E-state index is -1.40. The second kappa shape index (κ2) is 16.4. The summed E-state index contributed by atoms with van der Waals surface area (Å²) in [4.78, 5) is 45.1. The Balaban J connectivity index is 0. The molecule has 2 aromatic rings. The van der Waals surface area contributed by atoms with Crippen LogP contribution in [0.5, 0.6) is 0 Å². The van der Waals surface area contributed by atoms with E-state index in [0.717, 1.165) is 51.0 Å². The van der Waals surface area contributed by atoms with Crippen molar-refractivity contribution in [1.82, 2.24) is 0 Å². The number of carboxylic acid groups (broad SMARTS) is 1. The van der Waals surface area contributed by atoms with Gasteiger partial charge in [-0.15, -0.1) is 0 Å². The summed E-state index contributed by atoms with van der Waals surface area (Å²) in [7, 11) is 1.15. The number of amides is 2. The van der Waals surface area contributed by atoms with E-state index in [0.29, 0.717) is 0 Å². The van der Waals surface area contributed by atoms with E-state index in [2.05, 4.69) is 15.4 Å². The van der Waals surface area contributed by atoms with Crippen LogP contribution in [-0.2, 0) is 14.3 Å². The van der Waals surface area contributed by atoms with Crippen LogP contribution in [0.1, 0.15) is 53.8 Å². The van der Waals surface area contributed by atoms with E-state index in [1.165, 1.54) is 6.07 Å². The van der Waals surface area contributed by atoms with Gasteiger partial charge >= 0.3 is 30.8 Å². The third-order valence-electron chi connectivity index (χ3n) is 5.16. The van der Waals surface area contributed by atoms with Gasteiger partial charge in [-0.25, -0.2) is 18.4 Å². The summed E-state index contributed by atoms with van der Waals surface area (Å²) >= 11 is 11.5. The molecule has 2 amide bonds. The molecule has 0 saturated heterocycles. The summed E-state index contributed by atoms with van der Waals surface area (Å²) in [6.07, 6.45) is 3.32. The zero-order valence-electron chi connectivity index (χ0n) is 20.2. The van der Waals surface area contributed by atoms with Crippen molar-refractivity contribution >= 4 is 58.3 Å². The van der Waals surface area contributed by atoms with Gasteiger partial charge in [-0.05, 0) is 49.9 Å². The molecule has 0 bridgehead atoms. The molecule has 2 aliphatic rings. The van der Waals surface area contributed by atoms with Gasteiger partial charge in [0.15, 0.2) is 0 Å². The quantitative estimate of drug-likeness (QED) is 0.340. The molecule has 2 aromatic carbocycles. The van der Waals surface area contributed by atoms with Crippen LogP contribution < -0.4 is 29.5 Å². The molecule has 39 heavy (non-hydrogen) atoms. The number of ether oxygens (including phenoxy) is 1. The van der Waals surface area contributed by atoms with E-state index in [1.807, 2.05) is 0 Å². The van der Waals surface area contributed by atoms with Gasteiger partial charge in [-0.1, -0.05) is 30.6 Å². The molecule has 0 aliphatic heterocycles. The molecule has 6 N–H and O–H groups in total. The molecule has 0 radical (unpaired) electrons. The molecule has 0 unspecified atom stereocenters. The molecule has 4 rings (SSSR count). The van der Waals surface area contributed by atoms with Crippen molar-refractivity contribution in [2.75, 3.05) is 17.7 Å². The van der Waals surface area contributed by atoms with Crippen LogP contribution in [0.25, 0.3) is 0 Å². The largest absolute Gasteiger partial charge is 1.00 e. The Bertz CT molecular complexity index is 1210. The SMILES string of the molecule is C.COC(=O)c1cc(NC(=O)C2CC2)c(Cl)cc1F.O.O=C(O)c1cc(NC(=O)C2CC2)c(Cl)cc1F.[Li+].[OH-]. The number of esters is 1. The van der Waals surface area contributed by atoms with Crippen LogP contribution in [-0.4, -0.2) is 46.9 Å². The molecule has 15 heteroatoms. The van der Waals surface area contributed by atoms with E-state index < -0.39 is 29.1 Å². The van der Waals surface area contributed by atoms with Crippen LogP contribution in [0.3, 0.4) is 0 Å². The van der Waals surface area contributed by atoms with Crippen LogP contribution in [0, 0.1) is 23.5 Å². The van der Waals surface area contributed by atoms with Gasteiger partial charge in [-0.3, -0.25) is 9.59 Å². The fourth-order valence-electron chi connectivity index (χ4n) is 2.88. The summed E-state index contributed by atoms with van der Waals surface area (Å²) in [5.41, 5.74) is -0.425. The molecule has 0 aromatic heterocycles. The molecular weight excluding hydrogens is 560 g/mol. The van der Waals surface area contributed by atoms with Crippen molar-refractivity contribution in [1.29, 1.82) is 0 Å². The van der Waals surface area contributed by atoms with Crippen molar-refractivity contribution in [3.63, 3.8) is 0 Å². The second-order valence-electron chi connectivity index (χ2n) is 7.95. The average molecular weight is 587 g/mol. The summed E-state index contributed by atoms with van der Waals surface area (Å²) in [6, 6.07) is 4.08. The number of hydrogen-bond donors (Lipinski definition) is 3. The Kier molecular flexibility index (Phi) is 16.2. The number of carbonyl (C=O) groups excluding carboxylic acids is 3. The summed E-state index contributed by atoms with van der Waals surface area (Å²) in [6.45, 7) is 0. The van der Waals surface area contributed by atoms with Gasteiger partial charge in [0.25, 0.3) is 0 Å². The standard InChI is InChI=1S/C12H11ClFNO3.C11H9ClFNO3.CH4.Li.2H2O/c1-18-12(17)7-4-10(8(13)5-9(7)14)15-11(16)6-2-3-6;12-7-4-8(13)6(11(16)17)3-9(7)14-10(15)5-1-2-5;;;;/h4-6H,2-3H2,1H3,(H,15,16);3-5H,1-2H2,(H,14,15)(H,16,17);1H4;;2*1H2/q;;;+1;;/p-1. The average Bonchev–Trinajstić information content (AvgIpc) is 3.69. The number of methoxy groups -OCH3 is 1. The van der Waals surface area contributed by atoms with E-state index in [4.69, 9.17) is 28.3 Å². The Morgan fingerprint density at radius 1 is 0.846 bits per heavy atom. The van der Waals surface area contributed by atoms with Crippen LogP contribution in [0.2, 0.25) is 10.0 Å². The summed E-state index contributed by atoms with van der Waals surface area (Å²) in [5, 5.41) is 13.8. The first-order chi connectivity index (χ1) is 16.5. The van der Waals surface area contributed by atoms with Crippen LogP contribution in [0.15, 0.2) is 24.3 Å². The van der Waals surface area contributed by atoms with Crippen molar-refractivity contribution in [2.24, 2.45) is 11.8 Å². The van der Waals surface area contributed by atoms with Crippen molar-refractivity contribution in [3.05, 3.63) is 57.1 Å². The topological polar surface area (TPSA) is 183 Å². The molecule has 2 aliphatic carbocycles. The molecule has 0 spiro atoms. The van der Waals surface area contributed by atoms with Gasteiger partial charge in [0, 0.05) is 11.8 Å². The normalized spacial score (nSPS) is 12.8. The number of carbonyl (C=O) groups is 4. The number of carboxylic acids is 1. The van der Waals surface area contributed by atoms with E-state index >= 15 is 0 Å². The number of halogens is 4. The van der Waals surface area contributed by atoms with Gasteiger partial charge in [0.2, 0.25) is 11.8 Å². The van der Waals surface area contributed by atoms with E-state index in [1.54, 1.807) is 0 Å². The minimum Gasteiger partial charge on any atom is -0.870 e. The number of rotatable bonds is 6. The zero-order chi connectivity index (χ0) is 25.9.